The number of aromatic nitrogens is 1. The van der Waals surface area contributed by atoms with E-state index in [1.807, 2.05) is 29.3 Å². The molecule has 0 saturated carbocycles. The number of nitrogens with one attached hydrogen (secondary N) is 2. The van der Waals surface area contributed by atoms with Gasteiger partial charge in [-0.05, 0) is 30.9 Å². The molecular weight excluding hydrogens is 330 g/mol. The Hall–Kier alpha value is -2.34. The number of hydrogen-bond acceptors (Lipinski definition) is 3. The van der Waals surface area contributed by atoms with Crippen LogP contribution in [0.3, 0.4) is 0 Å². The van der Waals surface area contributed by atoms with E-state index in [1.54, 1.807) is 7.11 Å². The van der Waals surface area contributed by atoms with E-state index in [0.717, 1.165) is 24.9 Å². The lowest BCUT2D eigenvalue weighted by molar-refractivity contribution is -0.135. The lowest BCUT2D eigenvalue weighted by Crippen LogP contribution is -2.46. The largest absolute Gasteiger partial charge is 0.383 e. The summed E-state index contributed by atoms with van der Waals surface area (Å²) in [7, 11) is 1.61. The van der Waals surface area contributed by atoms with Crippen molar-refractivity contribution in [3.8, 4) is 0 Å². The standard InChI is InChI=1S/C20H27N3O3/c1-26-12-10-21-20(25)16-5-4-11-23(14-16)19(24)9-8-15-13-22-18-7-3-2-6-17(15)18/h2-3,6-7,13,16,22H,4-5,8-12,14H2,1H3,(H,21,25)/t16-/m1/s1. The Labute approximate surface area is 153 Å². The molecule has 3 rings (SSSR count). The number of nitrogens with zero attached hydrogens (tertiary/aromatic N) is 1. The van der Waals surface area contributed by atoms with Crippen LogP contribution in [0.4, 0.5) is 0 Å². The van der Waals surface area contributed by atoms with E-state index in [-0.39, 0.29) is 17.7 Å². The lowest BCUT2D eigenvalue weighted by atomic mass is 9.96. The molecule has 26 heavy (non-hydrogen) atoms. The number of H-pyrrole nitrogens is 1. The molecule has 0 spiro atoms. The van der Waals surface area contributed by atoms with E-state index in [4.69, 9.17) is 4.74 Å². The summed E-state index contributed by atoms with van der Waals surface area (Å²) in [5.74, 6) is 0.0403. The van der Waals surface area contributed by atoms with E-state index < -0.39 is 0 Å². The van der Waals surface area contributed by atoms with Crippen LogP contribution in [0.25, 0.3) is 10.9 Å². The van der Waals surface area contributed by atoms with Gasteiger partial charge in [0, 0.05) is 50.3 Å². The Bertz CT molecular complexity index is 756. The van der Waals surface area contributed by atoms with Gasteiger partial charge in [-0.2, -0.15) is 0 Å². The summed E-state index contributed by atoms with van der Waals surface area (Å²) in [5.41, 5.74) is 2.26. The molecule has 140 valence electrons. The van der Waals surface area contributed by atoms with Gasteiger partial charge in [-0.1, -0.05) is 18.2 Å². The first-order chi connectivity index (χ1) is 12.7. The van der Waals surface area contributed by atoms with Crippen LogP contribution in [0.5, 0.6) is 0 Å². The summed E-state index contributed by atoms with van der Waals surface area (Å²) < 4.78 is 4.95. The number of carbonyl (C=O) groups excluding carboxylic acids is 2. The van der Waals surface area contributed by atoms with Gasteiger partial charge in [-0.25, -0.2) is 0 Å². The number of para-hydroxylation sites is 1. The van der Waals surface area contributed by atoms with Gasteiger partial charge in [-0.15, -0.1) is 0 Å². The van der Waals surface area contributed by atoms with Crippen molar-refractivity contribution in [3.05, 3.63) is 36.0 Å². The van der Waals surface area contributed by atoms with Crippen molar-refractivity contribution < 1.29 is 14.3 Å². The Morgan fingerprint density at radius 3 is 3.04 bits per heavy atom. The first-order valence-electron chi connectivity index (χ1n) is 9.28. The third-order valence-electron chi connectivity index (χ3n) is 5.03. The average Bonchev–Trinajstić information content (AvgIpc) is 3.09. The van der Waals surface area contributed by atoms with Crippen LogP contribution in [0.15, 0.2) is 30.5 Å². The number of piperidine rings is 1. The van der Waals surface area contributed by atoms with Crippen LogP contribution in [-0.4, -0.2) is 55.0 Å². The number of benzene rings is 1. The molecule has 1 aliphatic rings. The summed E-state index contributed by atoms with van der Waals surface area (Å²) in [6.07, 6.45) is 4.89. The third kappa shape index (κ3) is 4.43. The average molecular weight is 357 g/mol. The maximum absolute atomic E-state index is 12.6. The van der Waals surface area contributed by atoms with Gasteiger partial charge in [0.05, 0.1) is 12.5 Å². The zero-order chi connectivity index (χ0) is 18.4. The summed E-state index contributed by atoms with van der Waals surface area (Å²) in [6, 6.07) is 8.13. The molecule has 6 heteroatoms. The molecule has 0 radical (unpaired) electrons. The van der Waals surface area contributed by atoms with Gasteiger partial charge in [0.2, 0.25) is 11.8 Å². The molecule has 1 aromatic heterocycles. The van der Waals surface area contributed by atoms with Gasteiger partial charge >= 0.3 is 0 Å². The van der Waals surface area contributed by atoms with Gasteiger partial charge < -0.3 is 19.9 Å². The van der Waals surface area contributed by atoms with Gasteiger partial charge in [-0.3, -0.25) is 9.59 Å². The number of fused-ring (bicyclic) bond motifs is 1. The molecule has 2 aromatic rings. The topological polar surface area (TPSA) is 74.4 Å². The molecule has 0 unspecified atom stereocenters. The molecule has 1 fully saturated rings. The first kappa shape index (κ1) is 18.5. The molecule has 2 N–H and O–H groups in total. The Morgan fingerprint density at radius 2 is 2.19 bits per heavy atom. The van der Waals surface area contributed by atoms with E-state index >= 15 is 0 Å². The molecule has 0 bridgehead atoms. The van der Waals surface area contributed by atoms with E-state index in [2.05, 4.69) is 16.4 Å². The van der Waals surface area contributed by atoms with Crippen molar-refractivity contribution >= 4 is 22.7 Å². The van der Waals surface area contributed by atoms with Crippen molar-refractivity contribution in [2.24, 2.45) is 5.92 Å². The molecule has 1 aromatic carbocycles. The second-order valence-electron chi connectivity index (χ2n) is 6.82. The first-order valence-corrected chi connectivity index (χ1v) is 9.28. The predicted molar refractivity (Wildman–Crippen MR) is 101 cm³/mol. The summed E-state index contributed by atoms with van der Waals surface area (Å²) in [4.78, 5) is 29.9. The lowest BCUT2D eigenvalue weighted by Gasteiger charge is -2.32. The number of aromatic amines is 1. The fourth-order valence-electron chi connectivity index (χ4n) is 3.58. The molecule has 6 nitrogen and oxygen atoms in total. The molecule has 0 aliphatic carbocycles. The SMILES string of the molecule is COCCNC(=O)[C@@H]1CCCN(C(=O)CCc2c[nH]c3ccccc23)C1. The number of hydrogen-bond donors (Lipinski definition) is 2. The number of aryl methyl sites for hydroxylation is 1. The molecule has 2 amide bonds. The van der Waals surface area contributed by atoms with Crippen LogP contribution in [-0.2, 0) is 20.7 Å². The minimum atomic E-state index is -0.113. The van der Waals surface area contributed by atoms with Gasteiger partial charge in [0.1, 0.15) is 0 Å². The minimum Gasteiger partial charge on any atom is -0.383 e. The number of amides is 2. The number of carbonyl (C=O) groups is 2. The fourth-order valence-corrected chi connectivity index (χ4v) is 3.58. The van der Waals surface area contributed by atoms with E-state index in [0.29, 0.717) is 32.5 Å². The van der Waals surface area contributed by atoms with Crippen LogP contribution < -0.4 is 5.32 Å². The Morgan fingerprint density at radius 1 is 1.35 bits per heavy atom. The molecule has 1 atom stereocenters. The van der Waals surface area contributed by atoms with Crippen LogP contribution in [0.2, 0.25) is 0 Å². The van der Waals surface area contributed by atoms with Crippen LogP contribution in [0, 0.1) is 5.92 Å². The van der Waals surface area contributed by atoms with Crippen molar-refractivity contribution in [3.63, 3.8) is 0 Å². The minimum absolute atomic E-state index is 0.0242. The zero-order valence-corrected chi connectivity index (χ0v) is 15.3. The monoisotopic (exact) mass is 357 g/mol. The molecule has 2 heterocycles. The van der Waals surface area contributed by atoms with Gasteiger partial charge in [0.25, 0.3) is 0 Å². The second-order valence-corrected chi connectivity index (χ2v) is 6.82. The third-order valence-corrected chi connectivity index (χ3v) is 5.03. The summed E-state index contributed by atoms with van der Waals surface area (Å²) in [5, 5.41) is 4.06. The summed E-state index contributed by atoms with van der Waals surface area (Å²) >= 11 is 0. The van der Waals surface area contributed by atoms with Gasteiger partial charge in [0.15, 0.2) is 0 Å². The Balaban J connectivity index is 1.52. The van der Waals surface area contributed by atoms with Crippen LogP contribution in [0.1, 0.15) is 24.8 Å². The highest BCUT2D eigenvalue weighted by Gasteiger charge is 2.28. The molecular formula is C20H27N3O3. The predicted octanol–water partition coefficient (Wildman–Crippen LogP) is 2.10. The van der Waals surface area contributed by atoms with E-state index in [1.165, 1.54) is 10.9 Å². The van der Waals surface area contributed by atoms with Crippen molar-refractivity contribution in [2.45, 2.75) is 25.7 Å². The number of likely N-dealkylation sites (tertiary alicyclic amines) is 1. The normalized spacial score (nSPS) is 17.4. The molecule has 1 saturated heterocycles. The zero-order valence-electron chi connectivity index (χ0n) is 15.3. The highest BCUT2D eigenvalue weighted by Crippen LogP contribution is 2.21. The number of methoxy groups -OCH3 is 1. The fraction of sp³-hybridized carbons (Fsp3) is 0.500. The van der Waals surface area contributed by atoms with Crippen molar-refractivity contribution in [1.82, 2.24) is 15.2 Å². The van der Waals surface area contributed by atoms with E-state index in [9.17, 15) is 9.59 Å². The van der Waals surface area contributed by atoms with Crippen molar-refractivity contribution in [1.29, 1.82) is 0 Å². The maximum atomic E-state index is 12.6. The quantitative estimate of drug-likeness (QED) is 0.745. The van der Waals surface area contributed by atoms with Crippen molar-refractivity contribution in [2.75, 3.05) is 33.4 Å². The summed E-state index contributed by atoms with van der Waals surface area (Å²) in [6.45, 7) is 2.28. The maximum Gasteiger partial charge on any atom is 0.224 e. The highest BCUT2D eigenvalue weighted by molar-refractivity contribution is 5.84. The smallest absolute Gasteiger partial charge is 0.224 e. The Kier molecular flexibility index (Phi) is 6.28. The number of ether oxygens (including phenoxy) is 1. The van der Waals surface area contributed by atoms with Crippen LogP contribution >= 0.6 is 0 Å². The second kappa shape index (κ2) is 8.85. The molecule has 1 aliphatic heterocycles. The highest BCUT2D eigenvalue weighted by atomic mass is 16.5. The number of rotatable bonds is 7.